The van der Waals surface area contributed by atoms with Crippen LogP contribution in [0.15, 0.2) is 23.7 Å². The van der Waals surface area contributed by atoms with Crippen molar-refractivity contribution in [2.45, 2.75) is 13.0 Å². The minimum Gasteiger partial charge on any atom is -0.336 e. The van der Waals surface area contributed by atoms with E-state index in [1.165, 1.54) is 4.88 Å². The minimum absolute atomic E-state index is 0.172. The van der Waals surface area contributed by atoms with E-state index in [0.29, 0.717) is 12.2 Å². The molecule has 0 fully saturated rings. The third-order valence-electron chi connectivity index (χ3n) is 3.03. The van der Waals surface area contributed by atoms with Gasteiger partial charge >= 0.3 is 6.03 Å². The number of aromatic amines is 1. The second kappa shape index (κ2) is 6.53. The van der Waals surface area contributed by atoms with Crippen LogP contribution in [0.5, 0.6) is 0 Å². The van der Waals surface area contributed by atoms with Gasteiger partial charge in [-0.05, 0) is 32.5 Å². The van der Waals surface area contributed by atoms with Crippen molar-refractivity contribution in [1.82, 2.24) is 20.4 Å². The summed E-state index contributed by atoms with van der Waals surface area (Å²) in [6, 6.07) is 4.05. The summed E-state index contributed by atoms with van der Waals surface area (Å²) in [5, 5.41) is 14.3. The van der Waals surface area contributed by atoms with Crippen molar-refractivity contribution in [1.29, 1.82) is 0 Å². The van der Waals surface area contributed by atoms with Gasteiger partial charge in [-0.2, -0.15) is 5.10 Å². The Balaban J connectivity index is 1.90. The lowest BCUT2D eigenvalue weighted by Crippen LogP contribution is -2.36. The second-order valence-electron chi connectivity index (χ2n) is 4.74. The first-order valence-corrected chi connectivity index (χ1v) is 7.20. The van der Waals surface area contributed by atoms with Gasteiger partial charge in [0, 0.05) is 11.4 Å². The van der Waals surface area contributed by atoms with E-state index in [1.54, 1.807) is 17.5 Å². The predicted molar refractivity (Wildman–Crippen MR) is 81.1 cm³/mol. The zero-order chi connectivity index (χ0) is 14.5. The summed E-state index contributed by atoms with van der Waals surface area (Å²) in [6.45, 7) is 2.41. The summed E-state index contributed by atoms with van der Waals surface area (Å²) >= 11 is 1.69. The number of aryl methyl sites for hydroxylation is 1. The second-order valence-corrected chi connectivity index (χ2v) is 5.72. The number of likely N-dealkylation sites (N-methyl/N-ethyl adjacent to an activating group) is 1. The van der Waals surface area contributed by atoms with Crippen molar-refractivity contribution >= 4 is 23.1 Å². The Hall–Kier alpha value is -1.86. The number of hydrogen-bond acceptors (Lipinski definition) is 4. The minimum atomic E-state index is -0.224. The molecule has 108 valence electrons. The molecule has 2 heterocycles. The maximum atomic E-state index is 11.9. The SMILES string of the molecule is Cc1[nH]ncc1NC(=O)NC[C@@H](c1cccs1)N(C)C. The average Bonchev–Trinajstić information content (AvgIpc) is 3.02. The molecular weight excluding hydrogens is 274 g/mol. The van der Waals surface area contributed by atoms with Gasteiger partial charge in [-0.15, -0.1) is 11.3 Å². The van der Waals surface area contributed by atoms with Crippen molar-refractivity contribution in [3.05, 3.63) is 34.3 Å². The van der Waals surface area contributed by atoms with Crippen LogP contribution in [-0.2, 0) is 0 Å². The highest BCUT2D eigenvalue weighted by molar-refractivity contribution is 7.10. The van der Waals surface area contributed by atoms with Gasteiger partial charge in [0.1, 0.15) is 0 Å². The van der Waals surface area contributed by atoms with Crippen molar-refractivity contribution in [3.63, 3.8) is 0 Å². The molecule has 0 aliphatic rings. The van der Waals surface area contributed by atoms with Crippen molar-refractivity contribution < 1.29 is 4.79 Å². The van der Waals surface area contributed by atoms with Crippen LogP contribution in [0.25, 0.3) is 0 Å². The van der Waals surface area contributed by atoms with Gasteiger partial charge in [0.2, 0.25) is 0 Å². The first-order valence-electron chi connectivity index (χ1n) is 6.32. The van der Waals surface area contributed by atoms with Crippen LogP contribution in [0.3, 0.4) is 0 Å². The van der Waals surface area contributed by atoms with E-state index in [-0.39, 0.29) is 12.1 Å². The molecule has 2 aromatic heterocycles. The summed E-state index contributed by atoms with van der Waals surface area (Å²) in [5.74, 6) is 0. The van der Waals surface area contributed by atoms with Gasteiger partial charge in [-0.25, -0.2) is 4.79 Å². The van der Waals surface area contributed by atoms with E-state index in [0.717, 1.165) is 5.69 Å². The van der Waals surface area contributed by atoms with Gasteiger partial charge < -0.3 is 15.5 Å². The summed E-state index contributed by atoms with van der Waals surface area (Å²) in [7, 11) is 4.01. The Morgan fingerprint density at radius 1 is 1.55 bits per heavy atom. The number of rotatable bonds is 5. The summed E-state index contributed by atoms with van der Waals surface area (Å²) < 4.78 is 0. The third kappa shape index (κ3) is 3.58. The van der Waals surface area contributed by atoms with Crippen LogP contribution >= 0.6 is 11.3 Å². The molecule has 2 amide bonds. The molecule has 2 aromatic rings. The van der Waals surface area contributed by atoms with Gasteiger partial charge in [0.25, 0.3) is 0 Å². The van der Waals surface area contributed by atoms with Crippen LogP contribution in [0.1, 0.15) is 16.6 Å². The van der Waals surface area contributed by atoms with Crippen LogP contribution in [0.2, 0.25) is 0 Å². The fraction of sp³-hybridized carbons (Fsp3) is 0.385. The van der Waals surface area contributed by atoms with Crippen LogP contribution in [0.4, 0.5) is 10.5 Å². The highest BCUT2D eigenvalue weighted by atomic mass is 32.1. The number of thiophene rings is 1. The largest absolute Gasteiger partial charge is 0.336 e. The van der Waals surface area contributed by atoms with Crippen LogP contribution in [0, 0.1) is 6.92 Å². The van der Waals surface area contributed by atoms with Crippen molar-refractivity contribution in [2.75, 3.05) is 26.0 Å². The molecule has 6 nitrogen and oxygen atoms in total. The number of H-pyrrole nitrogens is 1. The van der Waals surface area contributed by atoms with E-state index in [1.807, 2.05) is 32.5 Å². The third-order valence-corrected chi connectivity index (χ3v) is 4.00. The highest BCUT2D eigenvalue weighted by Gasteiger charge is 2.16. The number of carbonyl (C=O) groups is 1. The van der Waals surface area contributed by atoms with Gasteiger partial charge in [0.05, 0.1) is 23.6 Å². The molecule has 0 unspecified atom stereocenters. The molecule has 1 atom stereocenters. The molecule has 0 saturated heterocycles. The molecule has 7 heteroatoms. The molecule has 0 aliphatic carbocycles. The molecule has 0 spiro atoms. The normalized spacial score (nSPS) is 12.4. The zero-order valence-electron chi connectivity index (χ0n) is 11.8. The number of nitrogens with one attached hydrogen (secondary N) is 3. The van der Waals surface area contributed by atoms with Gasteiger partial charge in [-0.1, -0.05) is 6.07 Å². The lowest BCUT2D eigenvalue weighted by molar-refractivity contribution is 0.244. The zero-order valence-corrected chi connectivity index (χ0v) is 12.6. The summed E-state index contributed by atoms with van der Waals surface area (Å²) in [6.07, 6.45) is 1.59. The molecular formula is C13H19N5OS. The Morgan fingerprint density at radius 3 is 2.90 bits per heavy atom. The molecule has 0 bridgehead atoms. The van der Waals surface area contributed by atoms with Crippen molar-refractivity contribution in [2.24, 2.45) is 0 Å². The Bertz CT molecular complexity index is 549. The fourth-order valence-electron chi connectivity index (χ4n) is 1.85. The van der Waals surface area contributed by atoms with Crippen LogP contribution in [-0.4, -0.2) is 41.8 Å². The maximum absolute atomic E-state index is 11.9. The van der Waals surface area contributed by atoms with E-state index in [9.17, 15) is 4.79 Å². The highest BCUT2D eigenvalue weighted by Crippen LogP contribution is 2.22. The summed E-state index contributed by atoms with van der Waals surface area (Å²) in [5.41, 5.74) is 1.53. The standard InChI is InChI=1S/C13H19N5OS/c1-9-10(7-15-17-9)16-13(19)14-8-11(18(2)3)12-5-4-6-20-12/h4-7,11H,8H2,1-3H3,(H,15,17)(H2,14,16,19)/t11-/m0/s1. The number of anilines is 1. The summed E-state index contributed by atoms with van der Waals surface area (Å²) in [4.78, 5) is 15.2. The molecule has 0 aromatic carbocycles. The van der Waals surface area contributed by atoms with E-state index >= 15 is 0 Å². The molecule has 20 heavy (non-hydrogen) atoms. The quantitative estimate of drug-likeness (QED) is 0.791. The number of urea groups is 1. The predicted octanol–water partition coefficient (Wildman–Crippen LogP) is 2.20. The number of aromatic nitrogens is 2. The molecule has 3 N–H and O–H groups in total. The molecule has 2 rings (SSSR count). The lowest BCUT2D eigenvalue weighted by atomic mass is 10.2. The average molecular weight is 293 g/mol. The van der Waals surface area contributed by atoms with E-state index < -0.39 is 0 Å². The Kier molecular flexibility index (Phi) is 4.75. The maximum Gasteiger partial charge on any atom is 0.319 e. The fourth-order valence-corrected chi connectivity index (χ4v) is 2.77. The monoisotopic (exact) mass is 293 g/mol. The number of carbonyl (C=O) groups excluding carboxylic acids is 1. The lowest BCUT2D eigenvalue weighted by Gasteiger charge is -2.23. The smallest absolute Gasteiger partial charge is 0.319 e. The van der Waals surface area contributed by atoms with Crippen molar-refractivity contribution in [3.8, 4) is 0 Å². The van der Waals surface area contributed by atoms with E-state index in [4.69, 9.17) is 0 Å². The molecule has 0 aliphatic heterocycles. The van der Waals surface area contributed by atoms with Crippen LogP contribution < -0.4 is 10.6 Å². The Morgan fingerprint density at radius 2 is 2.35 bits per heavy atom. The number of amides is 2. The number of nitrogens with zero attached hydrogens (tertiary/aromatic N) is 2. The number of hydrogen-bond donors (Lipinski definition) is 3. The van der Waals surface area contributed by atoms with Gasteiger partial charge in [0.15, 0.2) is 0 Å². The first kappa shape index (κ1) is 14.5. The molecule has 0 radical (unpaired) electrons. The Labute approximate surface area is 122 Å². The first-order chi connectivity index (χ1) is 9.58. The van der Waals surface area contributed by atoms with Gasteiger partial charge in [-0.3, -0.25) is 5.10 Å². The van der Waals surface area contributed by atoms with E-state index in [2.05, 4.69) is 31.8 Å². The molecule has 0 saturated carbocycles. The topological polar surface area (TPSA) is 73.0 Å².